The molecule has 0 aliphatic rings. The molecule has 2 N–H and O–H groups in total. The molecule has 0 saturated carbocycles. The van der Waals surface area contributed by atoms with Gasteiger partial charge in [-0.05, 0) is 6.42 Å². The smallest absolute Gasteiger partial charge is 0.337 e. The van der Waals surface area contributed by atoms with Crippen LogP contribution in [0.3, 0.4) is 0 Å². The van der Waals surface area contributed by atoms with E-state index in [1.807, 2.05) is 10.9 Å². The molecule has 5 nitrogen and oxygen atoms in total. The Bertz CT molecular complexity index is 499. The average Bonchev–Trinajstić information content (AvgIpc) is 2.83. The van der Waals surface area contributed by atoms with Crippen LogP contribution >= 0.6 is 0 Å². The lowest BCUT2D eigenvalue weighted by atomic mass is 10.1. The monoisotopic (exact) mass is 219 g/mol. The Morgan fingerprint density at radius 1 is 1.56 bits per heavy atom. The van der Waals surface area contributed by atoms with Crippen LogP contribution in [0.1, 0.15) is 23.7 Å². The fourth-order valence-electron chi connectivity index (χ4n) is 1.63. The third-order valence-corrected chi connectivity index (χ3v) is 2.37. The highest BCUT2D eigenvalue weighted by atomic mass is 16.4. The highest BCUT2D eigenvalue weighted by Gasteiger charge is 2.13. The van der Waals surface area contributed by atoms with Gasteiger partial charge in [0.15, 0.2) is 0 Å². The molecule has 0 atom stereocenters. The second-order valence-corrected chi connectivity index (χ2v) is 3.58. The molecule has 0 aromatic carbocycles. The van der Waals surface area contributed by atoms with Crippen LogP contribution in [0.2, 0.25) is 0 Å². The first kappa shape index (κ1) is 10.5. The molecule has 0 bridgehead atoms. The standard InChI is InChI=1S/C11H13N3O2/c1-2-3-14-7-8(4-13-14)9-5-12-6-10(9)11(15)16/h4-7,12H,2-3H2,1H3,(H,15,16). The van der Waals surface area contributed by atoms with Gasteiger partial charge >= 0.3 is 5.97 Å². The average molecular weight is 219 g/mol. The van der Waals surface area contributed by atoms with E-state index in [1.165, 1.54) is 6.20 Å². The van der Waals surface area contributed by atoms with Crippen molar-refractivity contribution in [3.05, 3.63) is 30.4 Å². The van der Waals surface area contributed by atoms with Gasteiger partial charge in [-0.25, -0.2) is 4.79 Å². The van der Waals surface area contributed by atoms with E-state index >= 15 is 0 Å². The van der Waals surface area contributed by atoms with Crippen LogP contribution in [0.15, 0.2) is 24.8 Å². The predicted molar refractivity (Wildman–Crippen MR) is 59.3 cm³/mol. The molecule has 2 heterocycles. The van der Waals surface area contributed by atoms with Gasteiger partial charge in [-0.1, -0.05) is 6.92 Å². The molecule has 0 fully saturated rings. The van der Waals surface area contributed by atoms with E-state index in [-0.39, 0.29) is 5.56 Å². The number of carboxylic acids is 1. The molecule has 0 saturated heterocycles. The third-order valence-electron chi connectivity index (χ3n) is 2.37. The number of carbonyl (C=O) groups is 1. The van der Waals surface area contributed by atoms with Crippen molar-refractivity contribution in [2.75, 3.05) is 0 Å². The van der Waals surface area contributed by atoms with Gasteiger partial charge in [0.2, 0.25) is 0 Å². The molecule has 0 radical (unpaired) electrons. The zero-order valence-electron chi connectivity index (χ0n) is 8.97. The largest absolute Gasteiger partial charge is 0.478 e. The van der Waals surface area contributed by atoms with Crippen LogP contribution < -0.4 is 0 Å². The van der Waals surface area contributed by atoms with Crippen LogP contribution in [0.25, 0.3) is 11.1 Å². The molecule has 2 aromatic rings. The molecule has 0 spiro atoms. The minimum absolute atomic E-state index is 0.274. The zero-order chi connectivity index (χ0) is 11.5. The second-order valence-electron chi connectivity index (χ2n) is 3.58. The Kier molecular flexibility index (Phi) is 2.76. The van der Waals surface area contributed by atoms with E-state index < -0.39 is 5.97 Å². The summed E-state index contributed by atoms with van der Waals surface area (Å²) in [7, 11) is 0. The molecule has 0 amide bonds. The maximum Gasteiger partial charge on any atom is 0.337 e. The molecule has 0 aliphatic carbocycles. The summed E-state index contributed by atoms with van der Waals surface area (Å²) in [6.07, 6.45) is 7.70. The Labute approximate surface area is 92.7 Å². The summed E-state index contributed by atoms with van der Waals surface area (Å²) >= 11 is 0. The number of nitrogens with one attached hydrogen (secondary N) is 1. The Balaban J connectivity index is 2.35. The topological polar surface area (TPSA) is 70.9 Å². The van der Waals surface area contributed by atoms with Crippen LogP contribution in [0.5, 0.6) is 0 Å². The van der Waals surface area contributed by atoms with Crippen molar-refractivity contribution in [3.8, 4) is 11.1 Å². The predicted octanol–water partition coefficient (Wildman–Crippen LogP) is 1.99. The Morgan fingerprint density at radius 2 is 2.38 bits per heavy atom. The quantitative estimate of drug-likeness (QED) is 0.826. The number of nitrogens with zero attached hydrogens (tertiary/aromatic N) is 2. The van der Waals surface area contributed by atoms with Crippen LogP contribution in [0, 0.1) is 0 Å². The first-order valence-electron chi connectivity index (χ1n) is 5.15. The van der Waals surface area contributed by atoms with Gasteiger partial charge in [0.1, 0.15) is 0 Å². The number of rotatable bonds is 4. The van der Waals surface area contributed by atoms with Crippen molar-refractivity contribution >= 4 is 5.97 Å². The van der Waals surface area contributed by atoms with Gasteiger partial charge in [-0.3, -0.25) is 4.68 Å². The van der Waals surface area contributed by atoms with Crippen molar-refractivity contribution in [1.29, 1.82) is 0 Å². The summed E-state index contributed by atoms with van der Waals surface area (Å²) in [5.74, 6) is -0.931. The van der Waals surface area contributed by atoms with E-state index in [9.17, 15) is 4.79 Å². The molecule has 0 unspecified atom stereocenters. The molecular formula is C11H13N3O2. The van der Waals surface area contributed by atoms with E-state index in [0.717, 1.165) is 18.5 Å². The third kappa shape index (κ3) is 1.84. The normalized spacial score (nSPS) is 10.6. The Morgan fingerprint density at radius 3 is 3.06 bits per heavy atom. The number of aromatic nitrogens is 3. The summed E-state index contributed by atoms with van der Waals surface area (Å²) < 4.78 is 1.81. The minimum atomic E-state index is -0.931. The number of hydrogen-bond acceptors (Lipinski definition) is 2. The number of aryl methyl sites for hydroxylation is 1. The number of aromatic carboxylic acids is 1. The summed E-state index contributed by atoms with van der Waals surface area (Å²) in [5, 5.41) is 13.2. The fourth-order valence-corrected chi connectivity index (χ4v) is 1.63. The summed E-state index contributed by atoms with van der Waals surface area (Å²) in [4.78, 5) is 13.7. The van der Waals surface area contributed by atoms with E-state index in [4.69, 9.17) is 5.11 Å². The van der Waals surface area contributed by atoms with Crippen molar-refractivity contribution in [2.45, 2.75) is 19.9 Å². The van der Waals surface area contributed by atoms with Gasteiger partial charge in [-0.2, -0.15) is 5.10 Å². The van der Waals surface area contributed by atoms with Gasteiger partial charge in [0, 0.05) is 36.3 Å². The number of H-pyrrole nitrogens is 1. The summed E-state index contributed by atoms with van der Waals surface area (Å²) in [6.45, 7) is 2.91. The van der Waals surface area contributed by atoms with Crippen molar-refractivity contribution < 1.29 is 9.90 Å². The van der Waals surface area contributed by atoms with Gasteiger partial charge in [0.05, 0.1) is 11.8 Å². The maximum atomic E-state index is 10.9. The van der Waals surface area contributed by atoms with Gasteiger partial charge in [-0.15, -0.1) is 0 Å². The van der Waals surface area contributed by atoms with Gasteiger partial charge < -0.3 is 10.1 Å². The summed E-state index contributed by atoms with van der Waals surface area (Å²) in [6, 6.07) is 0. The minimum Gasteiger partial charge on any atom is -0.478 e. The number of hydrogen-bond donors (Lipinski definition) is 2. The maximum absolute atomic E-state index is 10.9. The molecule has 84 valence electrons. The van der Waals surface area contributed by atoms with Crippen molar-refractivity contribution in [2.24, 2.45) is 0 Å². The molecule has 0 aliphatic heterocycles. The molecule has 2 aromatic heterocycles. The zero-order valence-corrected chi connectivity index (χ0v) is 8.97. The highest BCUT2D eigenvalue weighted by molar-refractivity contribution is 5.95. The van der Waals surface area contributed by atoms with Gasteiger partial charge in [0.25, 0.3) is 0 Å². The second kappa shape index (κ2) is 4.22. The van der Waals surface area contributed by atoms with Crippen LogP contribution in [0.4, 0.5) is 0 Å². The van der Waals surface area contributed by atoms with Crippen LogP contribution in [-0.2, 0) is 6.54 Å². The molecule has 5 heteroatoms. The SMILES string of the molecule is CCCn1cc(-c2c[nH]cc2C(=O)O)cn1. The lowest BCUT2D eigenvalue weighted by molar-refractivity contribution is 0.0698. The molecule has 2 rings (SSSR count). The first-order valence-corrected chi connectivity index (χ1v) is 5.15. The van der Waals surface area contributed by atoms with Crippen molar-refractivity contribution in [3.63, 3.8) is 0 Å². The van der Waals surface area contributed by atoms with Crippen LogP contribution in [-0.4, -0.2) is 25.8 Å². The summed E-state index contributed by atoms with van der Waals surface area (Å²) in [5.41, 5.74) is 1.78. The highest BCUT2D eigenvalue weighted by Crippen LogP contribution is 2.22. The molecular weight excluding hydrogens is 206 g/mol. The van der Waals surface area contributed by atoms with E-state index in [1.54, 1.807) is 12.4 Å². The number of carboxylic acid groups (broad SMARTS) is 1. The first-order chi connectivity index (χ1) is 7.72. The lowest BCUT2D eigenvalue weighted by Crippen LogP contribution is -1.96. The Hall–Kier alpha value is -2.04. The van der Waals surface area contributed by atoms with E-state index in [2.05, 4.69) is 17.0 Å². The van der Waals surface area contributed by atoms with E-state index in [0.29, 0.717) is 5.56 Å². The lowest BCUT2D eigenvalue weighted by Gasteiger charge is -1.96. The number of aromatic amines is 1. The molecule has 16 heavy (non-hydrogen) atoms. The van der Waals surface area contributed by atoms with Crippen molar-refractivity contribution in [1.82, 2.24) is 14.8 Å². The fraction of sp³-hybridized carbons (Fsp3) is 0.273.